The van der Waals surface area contributed by atoms with Crippen molar-refractivity contribution in [2.24, 2.45) is 5.73 Å². The molecule has 0 radical (unpaired) electrons. The Morgan fingerprint density at radius 2 is 2.00 bits per heavy atom. The Morgan fingerprint density at radius 3 is 2.58 bits per heavy atom. The fraction of sp³-hybridized carbons (Fsp3) is 0.929. The van der Waals surface area contributed by atoms with E-state index in [0.29, 0.717) is 0 Å². The molecule has 19 heavy (non-hydrogen) atoms. The second kappa shape index (κ2) is 6.68. The Labute approximate surface area is 116 Å². The number of hydrogen-bond donors (Lipinski definition) is 1. The highest BCUT2D eigenvalue weighted by Crippen LogP contribution is 2.27. The van der Waals surface area contributed by atoms with E-state index in [2.05, 4.69) is 4.90 Å². The number of nitrogens with two attached hydrogens (primary N) is 1. The molecule has 1 unspecified atom stereocenters. The molecule has 0 aromatic heterocycles. The van der Waals surface area contributed by atoms with Crippen molar-refractivity contribution in [1.82, 2.24) is 9.80 Å². The zero-order chi connectivity index (χ0) is 13.7. The molecule has 0 bridgehead atoms. The quantitative estimate of drug-likeness (QED) is 0.736. The first-order valence-corrected chi connectivity index (χ1v) is 7.51. The van der Waals surface area contributed by atoms with E-state index in [9.17, 15) is 4.79 Å². The first-order valence-electron chi connectivity index (χ1n) is 7.51. The van der Waals surface area contributed by atoms with Crippen molar-refractivity contribution in [1.29, 1.82) is 0 Å². The van der Waals surface area contributed by atoms with Crippen LogP contribution in [0, 0.1) is 0 Å². The number of nitrogens with zero attached hydrogens (tertiary/aromatic N) is 2. The van der Waals surface area contributed by atoms with E-state index >= 15 is 0 Å². The summed E-state index contributed by atoms with van der Waals surface area (Å²) in [5, 5.41) is 0. The molecule has 5 nitrogen and oxygen atoms in total. The molecule has 2 aliphatic heterocycles. The predicted molar refractivity (Wildman–Crippen MR) is 74.9 cm³/mol. The summed E-state index contributed by atoms with van der Waals surface area (Å²) < 4.78 is 5.64. The van der Waals surface area contributed by atoms with Gasteiger partial charge in [-0.3, -0.25) is 9.69 Å². The van der Waals surface area contributed by atoms with E-state index in [1.54, 1.807) is 0 Å². The molecule has 2 aliphatic rings. The standard InChI is InChI=1S/C14H27N3O2/c1-14(5-4-12-19-14)13(18)17-10-8-16(9-11-17)7-3-2-6-15/h2-12,15H2,1H3. The molecular formula is C14H27N3O2. The van der Waals surface area contributed by atoms with Gasteiger partial charge in [-0.05, 0) is 45.7 Å². The van der Waals surface area contributed by atoms with Crippen molar-refractivity contribution in [2.45, 2.75) is 38.2 Å². The van der Waals surface area contributed by atoms with Crippen LogP contribution >= 0.6 is 0 Å². The fourth-order valence-corrected chi connectivity index (χ4v) is 2.94. The number of hydrogen-bond acceptors (Lipinski definition) is 4. The van der Waals surface area contributed by atoms with E-state index in [0.717, 1.165) is 71.6 Å². The van der Waals surface area contributed by atoms with Gasteiger partial charge in [-0.1, -0.05) is 0 Å². The minimum absolute atomic E-state index is 0.187. The van der Waals surface area contributed by atoms with E-state index in [-0.39, 0.29) is 5.91 Å². The third-order valence-electron chi connectivity index (χ3n) is 4.26. The maximum atomic E-state index is 12.5. The highest BCUT2D eigenvalue weighted by Gasteiger charge is 2.41. The van der Waals surface area contributed by atoms with Crippen LogP contribution < -0.4 is 5.73 Å². The molecule has 0 spiro atoms. The van der Waals surface area contributed by atoms with Crippen LogP contribution in [0.1, 0.15) is 32.6 Å². The van der Waals surface area contributed by atoms with E-state index in [4.69, 9.17) is 10.5 Å². The fourth-order valence-electron chi connectivity index (χ4n) is 2.94. The summed E-state index contributed by atoms with van der Waals surface area (Å²) in [4.78, 5) is 16.9. The van der Waals surface area contributed by atoms with Gasteiger partial charge in [0, 0.05) is 32.8 Å². The first kappa shape index (κ1) is 14.8. The van der Waals surface area contributed by atoms with Crippen molar-refractivity contribution in [3.63, 3.8) is 0 Å². The Balaban J connectivity index is 1.75. The molecule has 0 aromatic carbocycles. The number of carbonyl (C=O) groups is 1. The summed E-state index contributed by atoms with van der Waals surface area (Å²) in [6.07, 6.45) is 4.11. The lowest BCUT2D eigenvalue weighted by molar-refractivity contribution is -0.152. The molecule has 0 saturated carbocycles. The number of carbonyl (C=O) groups excluding carboxylic acids is 1. The molecule has 1 amide bonds. The normalized spacial score (nSPS) is 28.8. The highest BCUT2D eigenvalue weighted by atomic mass is 16.5. The molecule has 2 fully saturated rings. The summed E-state index contributed by atoms with van der Waals surface area (Å²) in [5.41, 5.74) is 4.95. The van der Waals surface area contributed by atoms with Crippen LogP contribution in [0.2, 0.25) is 0 Å². The van der Waals surface area contributed by atoms with Crippen molar-refractivity contribution in [3.05, 3.63) is 0 Å². The Morgan fingerprint density at radius 1 is 1.26 bits per heavy atom. The number of unbranched alkanes of at least 4 members (excludes halogenated alkanes) is 1. The average molecular weight is 269 g/mol. The zero-order valence-electron chi connectivity index (χ0n) is 12.1. The molecular weight excluding hydrogens is 242 g/mol. The number of piperazine rings is 1. The maximum absolute atomic E-state index is 12.5. The summed E-state index contributed by atoms with van der Waals surface area (Å²) in [6, 6.07) is 0. The van der Waals surface area contributed by atoms with Crippen LogP contribution in [-0.4, -0.2) is 67.2 Å². The molecule has 110 valence electrons. The number of amides is 1. The summed E-state index contributed by atoms with van der Waals surface area (Å²) in [6.45, 7) is 8.16. The maximum Gasteiger partial charge on any atom is 0.254 e. The summed E-state index contributed by atoms with van der Waals surface area (Å²) >= 11 is 0. The highest BCUT2D eigenvalue weighted by molar-refractivity contribution is 5.85. The minimum atomic E-state index is -0.554. The topological polar surface area (TPSA) is 58.8 Å². The van der Waals surface area contributed by atoms with Gasteiger partial charge in [-0.2, -0.15) is 0 Å². The minimum Gasteiger partial charge on any atom is -0.365 e. The van der Waals surface area contributed by atoms with Crippen LogP contribution in [0.5, 0.6) is 0 Å². The van der Waals surface area contributed by atoms with Gasteiger partial charge in [0.15, 0.2) is 0 Å². The van der Waals surface area contributed by atoms with Crippen molar-refractivity contribution in [2.75, 3.05) is 45.9 Å². The lowest BCUT2D eigenvalue weighted by Crippen LogP contribution is -2.54. The second-order valence-corrected chi connectivity index (χ2v) is 5.81. The molecule has 0 aliphatic carbocycles. The van der Waals surface area contributed by atoms with Crippen LogP contribution in [0.4, 0.5) is 0 Å². The van der Waals surface area contributed by atoms with E-state index in [1.165, 1.54) is 0 Å². The van der Waals surface area contributed by atoms with Gasteiger partial charge >= 0.3 is 0 Å². The third-order valence-corrected chi connectivity index (χ3v) is 4.26. The molecule has 2 heterocycles. The van der Waals surface area contributed by atoms with Gasteiger partial charge in [0.2, 0.25) is 0 Å². The molecule has 1 atom stereocenters. The second-order valence-electron chi connectivity index (χ2n) is 5.81. The number of rotatable bonds is 5. The largest absolute Gasteiger partial charge is 0.365 e. The van der Waals surface area contributed by atoms with Gasteiger partial charge in [0.05, 0.1) is 0 Å². The Hall–Kier alpha value is -0.650. The molecule has 2 N–H and O–H groups in total. The molecule has 2 rings (SSSR count). The van der Waals surface area contributed by atoms with Gasteiger partial charge < -0.3 is 15.4 Å². The zero-order valence-corrected chi connectivity index (χ0v) is 12.1. The summed E-state index contributed by atoms with van der Waals surface area (Å²) in [5.74, 6) is 0.187. The lowest BCUT2D eigenvalue weighted by atomic mass is 10.0. The predicted octanol–water partition coefficient (Wildman–Crippen LogP) is 0.439. The van der Waals surface area contributed by atoms with Gasteiger partial charge in [0.25, 0.3) is 5.91 Å². The monoisotopic (exact) mass is 269 g/mol. The first-order chi connectivity index (χ1) is 9.15. The van der Waals surface area contributed by atoms with Gasteiger partial charge in [0.1, 0.15) is 5.60 Å². The number of ether oxygens (including phenoxy) is 1. The van der Waals surface area contributed by atoms with Crippen LogP contribution in [0.3, 0.4) is 0 Å². The van der Waals surface area contributed by atoms with Crippen molar-refractivity contribution >= 4 is 5.91 Å². The van der Waals surface area contributed by atoms with Crippen molar-refractivity contribution in [3.8, 4) is 0 Å². The van der Waals surface area contributed by atoms with Gasteiger partial charge in [-0.25, -0.2) is 0 Å². The van der Waals surface area contributed by atoms with Crippen LogP contribution in [0.25, 0.3) is 0 Å². The molecule has 5 heteroatoms. The smallest absolute Gasteiger partial charge is 0.254 e. The van der Waals surface area contributed by atoms with E-state index < -0.39 is 5.60 Å². The van der Waals surface area contributed by atoms with Crippen LogP contribution in [0.15, 0.2) is 0 Å². The Kier molecular flexibility index (Phi) is 5.19. The lowest BCUT2D eigenvalue weighted by Gasteiger charge is -2.38. The van der Waals surface area contributed by atoms with Crippen LogP contribution in [-0.2, 0) is 9.53 Å². The van der Waals surface area contributed by atoms with Gasteiger partial charge in [-0.15, -0.1) is 0 Å². The van der Waals surface area contributed by atoms with E-state index in [1.807, 2.05) is 11.8 Å². The Bertz CT molecular complexity index is 295. The average Bonchev–Trinajstić information content (AvgIpc) is 2.87. The SMILES string of the molecule is CC1(C(=O)N2CCN(CCCCN)CC2)CCCO1. The van der Waals surface area contributed by atoms with Crippen molar-refractivity contribution < 1.29 is 9.53 Å². The third kappa shape index (κ3) is 3.68. The molecule has 2 saturated heterocycles. The molecule has 0 aromatic rings. The summed E-state index contributed by atoms with van der Waals surface area (Å²) in [7, 11) is 0.